The van der Waals surface area contributed by atoms with E-state index in [0.717, 1.165) is 25.5 Å². The molecular formula is C8H18N2O4S2. The van der Waals surface area contributed by atoms with Crippen LogP contribution >= 0.6 is 0 Å². The lowest BCUT2D eigenvalue weighted by Gasteiger charge is -2.16. The second-order valence-electron chi connectivity index (χ2n) is 4.27. The van der Waals surface area contributed by atoms with E-state index in [-0.39, 0.29) is 17.8 Å². The molecule has 0 aromatic heterocycles. The number of sulfonamides is 1. The highest BCUT2D eigenvalue weighted by Gasteiger charge is 2.28. The van der Waals surface area contributed by atoms with Crippen LogP contribution in [0.1, 0.15) is 19.3 Å². The van der Waals surface area contributed by atoms with Gasteiger partial charge in [0.1, 0.15) is 9.84 Å². The fraction of sp³-hybridized carbons (Fsp3) is 1.00. The summed E-state index contributed by atoms with van der Waals surface area (Å²) in [5.74, 6) is -0.751. The van der Waals surface area contributed by atoms with Gasteiger partial charge in [-0.15, -0.1) is 0 Å². The molecule has 0 spiro atoms. The zero-order valence-corrected chi connectivity index (χ0v) is 10.9. The van der Waals surface area contributed by atoms with Gasteiger partial charge in [0.2, 0.25) is 10.0 Å². The quantitative estimate of drug-likeness (QED) is 0.655. The Bertz CT molecular complexity index is 429. The van der Waals surface area contributed by atoms with Crippen LogP contribution in [0.2, 0.25) is 0 Å². The third kappa shape index (κ3) is 4.77. The van der Waals surface area contributed by atoms with Gasteiger partial charge in [0.15, 0.2) is 0 Å². The SMILES string of the molecule is CS(=O)(=O)CCS(=O)(=O)NC1CCCC1N. The third-order valence-electron chi connectivity index (χ3n) is 2.62. The molecule has 0 aromatic carbocycles. The van der Waals surface area contributed by atoms with Crippen LogP contribution in [-0.2, 0) is 19.9 Å². The van der Waals surface area contributed by atoms with Crippen molar-refractivity contribution in [3.8, 4) is 0 Å². The first-order chi connectivity index (χ1) is 7.20. The molecule has 1 rings (SSSR count). The number of rotatable bonds is 5. The van der Waals surface area contributed by atoms with Gasteiger partial charge in [-0.2, -0.15) is 0 Å². The second kappa shape index (κ2) is 4.99. The van der Waals surface area contributed by atoms with Crippen molar-refractivity contribution in [2.24, 2.45) is 5.73 Å². The fourth-order valence-corrected chi connectivity index (χ4v) is 4.65. The lowest BCUT2D eigenvalue weighted by Crippen LogP contribution is -2.45. The summed E-state index contributed by atoms with van der Waals surface area (Å²) < 4.78 is 47.3. The van der Waals surface area contributed by atoms with Gasteiger partial charge in [0.05, 0.1) is 11.5 Å². The number of nitrogens with two attached hydrogens (primary N) is 1. The third-order valence-corrected chi connectivity index (χ3v) is 5.23. The van der Waals surface area contributed by atoms with Crippen LogP contribution in [-0.4, -0.2) is 46.7 Å². The predicted molar refractivity (Wildman–Crippen MR) is 62.2 cm³/mol. The van der Waals surface area contributed by atoms with Gasteiger partial charge in [-0.25, -0.2) is 21.6 Å². The smallest absolute Gasteiger partial charge is 0.212 e. The molecule has 3 N–H and O–H groups in total. The predicted octanol–water partition coefficient (Wildman–Crippen LogP) is -1.17. The molecule has 0 saturated heterocycles. The summed E-state index contributed by atoms with van der Waals surface area (Å²) >= 11 is 0. The molecular weight excluding hydrogens is 252 g/mol. The molecule has 6 nitrogen and oxygen atoms in total. The molecule has 96 valence electrons. The van der Waals surface area contributed by atoms with Crippen LogP contribution in [0, 0.1) is 0 Å². The Labute approximate surface area is 96.6 Å². The largest absolute Gasteiger partial charge is 0.326 e. The number of hydrogen-bond donors (Lipinski definition) is 2. The van der Waals surface area contributed by atoms with Crippen molar-refractivity contribution in [3.05, 3.63) is 0 Å². The zero-order valence-electron chi connectivity index (χ0n) is 9.22. The van der Waals surface area contributed by atoms with Crippen molar-refractivity contribution in [3.63, 3.8) is 0 Å². The van der Waals surface area contributed by atoms with Crippen LogP contribution < -0.4 is 10.5 Å². The average Bonchev–Trinajstić information content (AvgIpc) is 2.47. The fourth-order valence-electron chi connectivity index (χ4n) is 1.69. The van der Waals surface area contributed by atoms with Crippen molar-refractivity contribution < 1.29 is 16.8 Å². The Morgan fingerprint density at radius 2 is 1.81 bits per heavy atom. The van der Waals surface area contributed by atoms with Crippen molar-refractivity contribution >= 4 is 19.9 Å². The minimum Gasteiger partial charge on any atom is -0.326 e. The Morgan fingerprint density at radius 3 is 2.25 bits per heavy atom. The summed E-state index contributed by atoms with van der Waals surface area (Å²) in [5.41, 5.74) is 5.72. The molecule has 2 atom stereocenters. The molecule has 1 aliphatic carbocycles. The summed E-state index contributed by atoms with van der Waals surface area (Å²) in [6.45, 7) is 0. The Hall–Kier alpha value is -0.180. The van der Waals surface area contributed by atoms with Gasteiger partial charge < -0.3 is 5.73 Å². The number of hydrogen-bond acceptors (Lipinski definition) is 5. The second-order valence-corrected chi connectivity index (χ2v) is 8.40. The van der Waals surface area contributed by atoms with Crippen molar-refractivity contribution in [1.82, 2.24) is 4.72 Å². The standard InChI is InChI=1S/C8H18N2O4S2/c1-15(11,12)5-6-16(13,14)10-8-4-2-3-7(8)9/h7-8,10H,2-6,9H2,1H3. The Morgan fingerprint density at radius 1 is 1.19 bits per heavy atom. The van der Waals surface area contributed by atoms with Gasteiger partial charge in [0, 0.05) is 18.3 Å². The van der Waals surface area contributed by atoms with Crippen LogP contribution in [0.15, 0.2) is 0 Å². The van der Waals surface area contributed by atoms with Crippen LogP contribution in [0.5, 0.6) is 0 Å². The number of nitrogens with one attached hydrogen (secondary N) is 1. The molecule has 1 aliphatic rings. The lowest BCUT2D eigenvalue weighted by molar-refractivity contribution is 0.522. The Kier molecular flexibility index (Phi) is 4.33. The van der Waals surface area contributed by atoms with E-state index in [0.29, 0.717) is 0 Å². The summed E-state index contributed by atoms with van der Waals surface area (Å²) in [6, 6.07) is -0.405. The first-order valence-electron chi connectivity index (χ1n) is 5.13. The first kappa shape index (κ1) is 13.9. The molecule has 8 heteroatoms. The molecule has 0 amide bonds. The minimum atomic E-state index is -3.54. The summed E-state index contributed by atoms with van der Waals surface area (Å²) in [6.07, 6.45) is 3.45. The van der Waals surface area contributed by atoms with E-state index < -0.39 is 25.6 Å². The monoisotopic (exact) mass is 270 g/mol. The molecule has 2 unspecified atom stereocenters. The maximum atomic E-state index is 11.5. The average molecular weight is 270 g/mol. The van der Waals surface area contributed by atoms with E-state index >= 15 is 0 Å². The van der Waals surface area contributed by atoms with E-state index in [9.17, 15) is 16.8 Å². The van der Waals surface area contributed by atoms with Crippen molar-refractivity contribution in [2.45, 2.75) is 31.3 Å². The Balaban J connectivity index is 2.52. The van der Waals surface area contributed by atoms with Gasteiger partial charge in [-0.05, 0) is 12.8 Å². The molecule has 16 heavy (non-hydrogen) atoms. The topological polar surface area (TPSA) is 106 Å². The molecule has 1 fully saturated rings. The summed E-state index contributed by atoms with van der Waals surface area (Å²) in [7, 11) is -6.80. The van der Waals surface area contributed by atoms with E-state index in [4.69, 9.17) is 5.73 Å². The molecule has 0 radical (unpaired) electrons. The van der Waals surface area contributed by atoms with E-state index in [2.05, 4.69) is 4.72 Å². The van der Waals surface area contributed by atoms with Crippen LogP contribution in [0.4, 0.5) is 0 Å². The highest BCUT2D eigenvalue weighted by atomic mass is 32.2. The van der Waals surface area contributed by atoms with E-state index in [1.54, 1.807) is 0 Å². The van der Waals surface area contributed by atoms with Crippen molar-refractivity contribution in [1.29, 1.82) is 0 Å². The lowest BCUT2D eigenvalue weighted by atomic mass is 10.2. The van der Waals surface area contributed by atoms with Gasteiger partial charge >= 0.3 is 0 Å². The molecule has 0 bridgehead atoms. The van der Waals surface area contributed by atoms with E-state index in [1.165, 1.54) is 0 Å². The highest BCUT2D eigenvalue weighted by Crippen LogP contribution is 2.17. The molecule has 0 aromatic rings. The van der Waals surface area contributed by atoms with Crippen molar-refractivity contribution in [2.75, 3.05) is 17.8 Å². The maximum Gasteiger partial charge on any atom is 0.212 e. The van der Waals surface area contributed by atoms with Crippen LogP contribution in [0.25, 0.3) is 0 Å². The summed E-state index contributed by atoms with van der Waals surface area (Å²) in [5, 5.41) is 0. The molecule has 0 aliphatic heterocycles. The maximum absolute atomic E-state index is 11.5. The molecule has 1 saturated carbocycles. The first-order valence-corrected chi connectivity index (χ1v) is 8.84. The van der Waals surface area contributed by atoms with Gasteiger partial charge in [-0.1, -0.05) is 6.42 Å². The number of sulfone groups is 1. The van der Waals surface area contributed by atoms with Gasteiger partial charge in [0.25, 0.3) is 0 Å². The van der Waals surface area contributed by atoms with Gasteiger partial charge in [-0.3, -0.25) is 0 Å². The van der Waals surface area contributed by atoms with E-state index in [1.807, 2.05) is 0 Å². The summed E-state index contributed by atoms with van der Waals surface area (Å²) in [4.78, 5) is 0. The zero-order chi connectivity index (χ0) is 12.4. The normalized spacial score (nSPS) is 27.1. The van der Waals surface area contributed by atoms with Crippen LogP contribution in [0.3, 0.4) is 0 Å². The molecule has 0 heterocycles. The highest BCUT2D eigenvalue weighted by molar-refractivity contribution is 7.93. The minimum absolute atomic E-state index is 0.159.